The van der Waals surface area contributed by atoms with E-state index in [2.05, 4.69) is 5.32 Å². The second kappa shape index (κ2) is 3.04. The van der Waals surface area contributed by atoms with Gasteiger partial charge in [-0.2, -0.15) is 0 Å². The minimum atomic E-state index is -0.192. The van der Waals surface area contributed by atoms with Gasteiger partial charge in [0.1, 0.15) is 0 Å². The first-order chi connectivity index (χ1) is 5.09. The lowest BCUT2D eigenvalue weighted by Gasteiger charge is -2.19. The van der Waals surface area contributed by atoms with Crippen LogP contribution < -0.4 is 28.3 Å². The maximum absolute atomic E-state index is 5.77. The molecule has 0 amide bonds. The lowest BCUT2D eigenvalue weighted by Crippen LogP contribution is -2.51. The van der Waals surface area contributed by atoms with E-state index in [-0.39, 0.29) is 30.2 Å². The third kappa shape index (κ3) is 1.25. The Bertz CT molecular complexity index is 125. The van der Waals surface area contributed by atoms with E-state index in [0.717, 1.165) is 0 Å². The molecule has 5 nitrogen and oxygen atoms in total. The summed E-state index contributed by atoms with van der Waals surface area (Å²) >= 11 is 0. The van der Waals surface area contributed by atoms with Crippen LogP contribution >= 0.6 is 0 Å². The molecule has 1 rings (SSSR count). The Kier molecular flexibility index (Phi) is 2.46. The highest BCUT2D eigenvalue weighted by molar-refractivity contribution is 5.10. The first-order valence-electron chi connectivity index (χ1n) is 3.79. The molecule has 0 aliphatic heterocycles. The summed E-state index contributed by atoms with van der Waals surface area (Å²) in [6.45, 7) is 0. The molecule has 1 aliphatic rings. The maximum Gasteiger partial charge on any atom is 0.0400 e. The largest absolute Gasteiger partial charge is 0.325 e. The Balaban J connectivity index is 2.69. The number of nitrogens with one attached hydrogen (secondary N) is 1. The molecular formula is C6H17N5. The molecule has 0 aromatic carbocycles. The van der Waals surface area contributed by atoms with Gasteiger partial charge in [-0.1, -0.05) is 0 Å². The van der Waals surface area contributed by atoms with Gasteiger partial charge in [0.05, 0.1) is 0 Å². The zero-order chi connectivity index (χ0) is 8.59. The van der Waals surface area contributed by atoms with Crippen molar-refractivity contribution in [2.75, 3.05) is 7.05 Å². The first kappa shape index (κ1) is 8.89. The molecule has 1 fully saturated rings. The van der Waals surface area contributed by atoms with Crippen molar-refractivity contribution in [2.45, 2.75) is 30.2 Å². The molecule has 66 valence electrons. The van der Waals surface area contributed by atoms with Gasteiger partial charge in [-0.3, -0.25) is 0 Å². The minimum absolute atomic E-state index is 0.0417. The highest BCUT2D eigenvalue weighted by Crippen LogP contribution is 2.14. The summed E-state index contributed by atoms with van der Waals surface area (Å²) in [5.74, 6) is 0. The monoisotopic (exact) mass is 159 g/mol. The van der Waals surface area contributed by atoms with Crippen molar-refractivity contribution in [1.29, 1.82) is 0 Å². The third-order valence-electron chi connectivity index (χ3n) is 2.50. The van der Waals surface area contributed by atoms with E-state index < -0.39 is 0 Å². The van der Waals surface area contributed by atoms with E-state index in [4.69, 9.17) is 22.9 Å². The van der Waals surface area contributed by atoms with E-state index in [1.54, 1.807) is 0 Å². The highest BCUT2D eigenvalue weighted by atomic mass is 15.1. The summed E-state index contributed by atoms with van der Waals surface area (Å²) in [5.41, 5.74) is 22.9. The van der Waals surface area contributed by atoms with Crippen LogP contribution in [0.2, 0.25) is 0 Å². The normalized spacial score (nSPS) is 51.5. The molecule has 1 saturated carbocycles. The number of rotatable bonds is 1. The molecule has 4 unspecified atom stereocenters. The lowest BCUT2D eigenvalue weighted by molar-refractivity contribution is 0.462. The van der Waals surface area contributed by atoms with Gasteiger partial charge in [0.2, 0.25) is 0 Å². The van der Waals surface area contributed by atoms with Crippen molar-refractivity contribution in [2.24, 2.45) is 22.9 Å². The summed E-state index contributed by atoms with van der Waals surface area (Å²) in [4.78, 5) is 0. The molecule has 0 bridgehead atoms. The number of hydrogen-bond donors (Lipinski definition) is 5. The minimum Gasteiger partial charge on any atom is -0.325 e. The van der Waals surface area contributed by atoms with Crippen LogP contribution in [0.4, 0.5) is 0 Å². The van der Waals surface area contributed by atoms with Crippen molar-refractivity contribution in [3.05, 3.63) is 0 Å². The van der Waals surface area contributed by atoms with E-state index in [0.29, 0.717) is 0 Å². The average molecular weight is 159 g/mol. The van der Waals surface area contributed by atoms with E-state index >= 15 is 0 Å². The Morgan fingerprint density at radius 2 is 1.18 bits per heavy atom. The topological polar surface area (TPSA) is 116 Å². The number of nitrogens with two attached hydrogens (primary N) is 4. The van der Waals surface area contributed by atoms with E-state index in [1.807, 2.05) is 7.05 Å². The molecule has 0 saturated heterocycles. The van der Waals surface area contributed by atoms with Gasteiger partial charge in [-0.25, -0.2) is 0 Å². The van der Waals surface area contributed by atoms with Gasteiger partial charge in [-0.15, -0.1) is 0 Å². The van der Waals surface area contributed by atoms with Gasteiger partial charge >= 0.3 is 0 Å². The summed E-state index contributed by atoms with van der Waals surface area (Å²) in [5, 5.41) is 3.01. The Morgan fingerprint density at radius 3 is 1.36 bits per heavy atom. The van der Waals surface area contributed by atoms with E-state index in [9.17, 15) is 0 Å². The molecule has 0 aromatic heterocycles. The smallest absolute Gasteiger partial charge is 0.0400 e. The van der Waals surface area contributed by atoms with Gasteiger partial charge in [-0.05, 0) is 7.05 Å². The van der Waals surface area contributed by atoms with Gasteiger partial charge < -0.3 is 28.3 Å². The van der Waals surface area contributed by atoms with Crippen LogP contribution in [0.5, 0.6) is 0 Å². The SMILES string of the molecule is CNC1C(N)C(N)C(N)C1N. The molecule has 11 heavy (non-hydrogen) atoms. The first-order valence-corrected chi connectivity index (χ1v) is 3.79. The predicted molar refractivity (Wildman–Crippen MR) is 44.7 cm³/mol. The zero-order valence-electron chi connectivity index (χ0n) is 6.70. The van der Waals surface area contributed by atoms with Crippen molar-refractivity contribution in [1.82, 2.24) is 5.32 Å². The summed E-state index contributed by atoms with van der Waals surface area (Å²) < 4.78 is 0. The maximum atomic E-state index is 5.77. The molecule has 1 aliphatic carbocycles. The third-order valence-corrected chi connectivity index (χ3v) is 2.50. The highest BCUT2D eigenvalue weighted by Gasteiger charge is 2.42. The second-order valence-electron chi connectivity index (χ2n) is 3.12. The Hall–Kier alpha value is -0.200. The molecule has 4 atom stereocenters. The van der Waals surface area contributed by atoms with Crippen molar-refractivity contribution in [3.63, 3.8) is 0 Å². The fraction of sp³-hybridized carbons (Fsp3) is 1.00. The molecular weight excluding hydrogens is 142 g/mol. The number of hydrogen-bond acceptors (Lipinski definition) is 5. The van der Waals surface area contributed by atoms with Gasteiger partial charge in [0.15, 0.2) is 0 Å². The number of likely N-dealkylation sites (N-methyl/N-ethyl adjacent to an activating group) is 1. The molecule has 5 heteroatoms. The van der Waals surface area contributed by atoms with Crippen LogP contribution in [0.15, 0.2) is 0 Å². The zero-order valence-corrected chi connectivity index (χ0v) is 6.70. The standard InChI is InChI=1S/C6H17N5/c1-11-6-4(9)2(7)3(8)5(6)10/h2-6,11H,7-10H2,1H3. The van der Waals surface area contributed by atoms with Crippen molar-refractivity contribution >= 4 is 0 Å². The van der Waals surface area contributed by atoms with E-state index in [1.165, 1.54) is 0 Å². The second-order valence-corrected chi connectivity index (χ2v) is 3.12. The van der Waals surface area contributed by atoms with Crippen LogP contribution in [0.25, 0.3) is 0 Å². The molecule has 0 spiro atoms. The van der Waals surface area contributed by atoms with Gasteiger partial charge in [0.25, 0.3) is 0 Å². The van der Waals surface area contributed by atoms with Crippen molar-refractivity contribution < 1.29 is 0 Å². The fourth-order valence-corrected chi connectivity index (χ4v) is 1.63. The molecule has 0 aromatic rings. The molecule has 0 heterocycles. The lowest BCUT2D eigenvalue weighted by atomic mass is 10.1. The predicted octanol–water partition coefficient (Wildman–Crippen LogP) is -3.10. The quantitative estimate of drug-likeness (QED) is 0.278. The van der Waals surface area contributed by atoms with Crippen LogP contribution in [0, 0.1) is 0 Å². The fourth-order valence-electron chi connectivity index (χ4n) is 1.63. The Labute approximate surface area is 66.5 Å². The Morgan fingerprint density at radius 1 is 0.818 bits per heavy atom. The summed E-state index contributed by atoms with van der Waals surface area (Å²) in [6.07, 6.45) is 0. The van der Waals surface area contributed by atoms with Crippen LogP contribution in [0.3, 0.4) is 0 Å². The molecule has 0 radical (unpaired) electrons. The van der Waals surface area contributed by atoms with Gasteiger partial charge in [0, 0.05) is 30.2 Å². The summed E-state index contributed by atoms with van der Waals surface area (Å²) in [7, 11) is 1.81. The van der Waals surface area contributed by atoms with Crippen LogP contribution in [-0.2, 0) is 0 Å². The van der Waals surface area contributed by atoms with Crippen molar-refractivity contribution in [3.8, 4) is 0 Å². The van der Waals surface area contributed by atoms with Crippen LogP contribution in [0.1, 0.15) is 0 Å². The summed E-state index contributed by atoms with van der Waals surface area (Å²) in [6, 6.07) is -0.611. The molecule has 9 N–H and O–H groups in total. The average Bonchev–Trinajstić information content (AvgIpc) is 2.17. The van der Waals surface area contributed by atoms with Crippen LogP contribution in [-0.4, -0.2) is 37.3 Å².